The molecule has 2 amide bonds. The summed E-state index contributed by atoms with van der Waals surface area (Å²) in [6, 6.07) is 3.48. The van der Waals surface area contributed by atoms with Crippen molar-refractivity contribution in [2.45, 2.75) is 57.9 Å². The molecule has 1 unspecified atom stereocenters. The van der Waals surface area contributed by atoms with Gasteiger partial charge in [-0.05, 0) is 37.3 Å². The molecule has 0 bridgehead atoms. The Bertz CT molecular complexity index is 706. The first kappa shape index (κ1) is 18.6. The maximum absolute atomic E-state index is 12.6. The summed E-state index contributed by atoms with van der Waals surface area (Å²) in [4.78, 5) is 29.2. The molecule has 6 nitrogen and oxygen atoms in total. The molecule has 0 radical (unpaired) electrons. The summed E-state index contributed by atoms with van der Waals surface area (Å²) < 4.78 is 5.35. The van der Waals surface area contributed by atoms with Gasteiger partial charge in [0.15, 0.2) is 5.13 Å². The van der Waals surface area contributed by atoms with E-state index in [9.17, 15) is 9.59 Å². The quantitative estimate of drug-likeness (QED) is 0.756. The Labute approximate surface area is 157 Å². The van der Waals surface area contributed by atoms with E-state index in [1.165, 1.54) is 17.8 Å². The minimum absolute atomic E-state index is 0.0298. The molecule has 2 N–H and O–H groups in total. The molecule has 0 spiro atoms. The highest BCUT2D eigenvalue weighted by atomic mass is 32.1. The lowest BCUT2D eigenvalue weighted by atomic mass is 9.69. The van der Waals surface area contributed by atoms with E-state index in [0.29, 0.717) is 18.0 Å². The van der Waals surface area contributed by atoms with E-state index in [-0.39, 0.29) is 23.3 Å². The summed E-state index contributed by atoms with van der Waals surface area (Å²) in [6.07, 6.45) is 9.08. The fourth-order valence-electron chi connectivity index (χ4n) is 3.75. The van der Waals surface area contributed by atoms with Crippen LogP contribution in [0.5, 0.6) is 0 Å². The van der Waals surface area contributed by atoms with Gasteiger partial charge in [0.05, 0.1) is 12.3 Å². The zero-order valence-electron chi connectivity index (χ0n) is 15.0. The molecule has 3 rings (SSSR count). The highest BCUT2D eigenvalue weighted by Crippen LogP contribution is 2.42. The third-order valence-electron chi connectivity index (χ3n) is 5.01. The second-order valence-corrected chi connectivity index (χ2v) is 8.00. The van der Waals surface area contributed by atoms with E-state index >= 15 is 0 Å². The molecule has 2 heterocycles. The molecule has 1 aliphatic rings. The summed E-state index contributed by atoms with van der Waals surface area (Å²) in [5.74, 6) is 0.643. The number of nitrogens with zero attached hydrogens (tertiary/aromatic N) is 1. The number of carbonyl (C=O) groups excluding carboxylic acids is 2. The van der Waals surface area contributed by atoms with Crippen molar-refractivity contribution in [2.75, 3.05) is 5.32 Å². The molecule has 2 aromatic rings. The molecular formula is C19H25N3O3S. The maximum atomic E-state index is 12.6. The minimum Gasteiger partial charge on any atom is -0.467 e. The second kappa shape index (κ2) is 8.49. The fraction of sp³-hybridized carbons (Fsp3) is 0.526. The largest absolute Gasteiger partial charge is 0.467 e. The van der Waals surface area contributed by atoms with Gasteiger partial charge in [-0.1, -0.05) is 19.3 Å². The van der Waals surface area contributed by atoms with Gasteiger partial charge >= 0.3 is 0 Å². The first-order valence-corrected chi connectivity index (χ1v) is 9.96. The summed E-state index contributed by atoms with van der Waals surface area (Å²) in [6.45, 7) is 1.90. The predicted molar refractivity (Wildman–Crippen MR) is 101 cm³/mol. The Morgan fingerprint density at radius 2 is 2.04 bits per heavy atom. The first-order chi connectivity index (χ1) is 12.6. The van der Waals surface area contributed by atoms with Gasteiger partial charge in [0.25, 0.3) is 0 Å². The zero-order chi connectivity index (χ0) is 18.4. The first-order valence-electron chi connectivity index (χ1n) is 9.08. The monoisotopic (exact) mass is 375 g/mol. The molecule has 140 valence electrons. The molecular weight excluding hydrogens is 350 g/mol. The van der Waals surface area contributed by atoms with E-state index in [2.05, 4.69) is 15.6 Å². The van der Waals surface area contributed by atoms with Crippen LogP contribution < -0.4 is 10.6 Å². The van der Waals surface area contributed by atoms with Gasteiger partial charge in [-0.25, -0.2) is 4.98 Å². The number of nitrogens with one attached hydrogen (secondary N) is 2. The Kier molecular flexibility index (Phi) is 6.08. The van der Waals surface area contributed by atoms with Crippen LogP contribution >= 0.6 is 11.3 Å². The van der Waals surface area contributed by atoms with E-state index in [0.717, 1.165) is 31.4 Å². The molecule has 2 aromatic heterocycles. The van der Waals surface area contributed by atoms with Crippen molar-refractivity contribution in [1.82, 2.24) is 10.3 Å². The third-order valence-corrected chi connectivity index (χ3v) is 5.70. The molecule has 0 aromatic carbocycles. The van der Waals surface area contributed by atoms with Crippen molar-refractivity contribution >= 4 is 28.3 Å². The van der Waals surface area contributed by atoms with Gasteiger partial charge in [-0.2, -0.15) is 0 Å². The highest BCUT2D eigenvalue weighted by molar-refractivity contribution is 7.13. The Morgan fingerprint density at radius 3 is 2.69 bits per heavy atom. The second-order valence-electron chi connectivity index (χ2n) is 7.10. The van der Waals surface area contributed by atoms with Gasteiger partial charge < -0.3 is 15.1 Å². The Hall–Kier alpha value is -2.15. The minimum atomic E-state index is -0.271. The lowest BCUT2D eigenvalue weighted by molar-refractivity contribution is -0.126. The van der Waals surface area contributed by atoms with Crippen LogP contribution in [-0.2, 0) is 9.59 Å². The molecule has 1 fully saturated rings. The van der Waals surface area contributed by atoms with Crippen LogP contribution in [0, 0.1) is 5.41 Å². The number of amides is 2. The van der Waals surface area contributed by atoms with Crippen molar-refractivity contribution < 1.29 is 14.0 Å². The molecule has 7 heteroatoms. The van der Waals surface area contributed by atoms with Crippen LogP contribution in [-0.4, -0.2) is 16.8 Å². The van der Waals surface area contributed by atoms with Gasteiger partial charge in [0.1, 0.15) is 5.76 Å². The number of furan rings is 1. The number of hydrogen-bond acceptors (Lipinski definition) is 5. The topological polar surface area (TPSA) is 84.2 Å². The zero-order valence-corrected chi connectivity index (χ0v) is 15.8. The van der Waals surface area contributed by atoms with Crippen molar-refractivity contribution in [3.8, 4) is 0 Å². The van der Waals surface area contributed by atoms with Crippen molar-refractivity contribution in [3.05, 3.63) is 35.7 Å². The number of rotatable bonds is 7. The van der Waals surface area contributed by atoms with Crippen LogP contribution in [0.25, 0.3) is 0 Å². The normalized spacial score (nSPS) is 17.4. The summed E-state index contributed by atoms with van der Waals surface area (Å²) >= 11 is 1.40. The van der Waals surface area contributed by atoms with Crippen molar-refractivity contribution in [1.29, 1.82) is 0 Å². The average molecular weight is 375 g/mol. The Balaban J connectivity index is 1.61. The van der Waals surface area contributed by atoms with E-state index in [4.69, 9.17) is 4.42 Å². The molecule has 1 atom stereocenters. The summed E-state index contributed by atoms with van der Waals surface area (Å²) in [7, 11) is 0. The van der Waals surface area contributed by atoms with Crippen LogP contribution in [0.4, 0.5) is 5.13 Å². The average Bonchev–Trinajstić information content (AvgIpc) is 3.28. The standard InChI is InChI=1S/C19H25N3O3S/c1-14(15-6-5-10-25-15)21-16(23)12-19(7-3-2-4-8-19)13-17(24)22-18-20-9-11-26-18/h5-6,9-11,14H,2-4,7-8,12-13H2,1H3,(H,21,23)(H,20,22,24). The molecule has 1 aliphatic carbocycles. The number of aromatic nitrogens is 1. The van der Waals surface area contributed by atoms with Crippen LogP contribution in [0.1, 0.15) is 63.7 Å². The number of thiazole rings is 1. The van der Waals surface area contributed by atoms with Gasteiger partial charge in [-0.15, -0.1) is 11.3 Å². The van der Waals surface area contributed by atoms with E-state index in [1.807, 2.05) is 24.4 Å². The Morgan fingerprint density at radius 1 is 1.27 bits per heavy atom. The van der Waals surface area contributed by atoms with Gasteiger partial charge in [-0.3, -0.25) is 9.59 Å². The molecule has 0 aliphatic heterocycles. The lowest BCUT2D eigenvalue weighted by Crippen LogP contribution is -2.37. The van der Waals surface area contributed by atoms with Crippen LogP contribution in [0.15, 0.2) is 34.4 Å². The molecule has 1 saturated carbocycles. The fourth-order valence-corrected chi connectivity index (χ4v) is 4.29. The van der Waals surface area contributed by atoms with Crippen LogP contribution in [0.3, 0.4) is 0 Å². The van der Waals surface area contributed by atoms with Crippen molar-refractivity contribution in [2.24, 2.45) is 5.41 Å². The smallest absolute Gasteiger partial charge is 0.226 e. The number of carbonyl (C=O) groups is 2. The highest BCUT2D eigenvalue weighted by Gasteiger charge is 2.37. The van der Waals surface area contributed by atoms with E-state index < -0.39 is 0 Å². The lowest BCUT2D eigenvalue weighted by Gasteiger charge is -2.36. The van der Waals surface area contributed by atoms with Gasteiger partial charge in [0.2, 0.25) is 11.8 Å². The van der Waals surface area contributed by atoms with E-state index in [1.54, 1.807) is 12.5 Å². The number of hydrogen-bond donors (Lipinski definition) is 2. The maximum Gasteiger partial charge on any atom is 0.226 e. The van der Waals surface area contributed by atoms with Gasteiger partial charge in [0, 0.05) is 24.4 Å². The molecule has 26 heavy (non-hydrogen) atoms. The van der Waals surface area contributed by atoms with Crippen LogP contribution in [0.2, 0.25) is 0 Å². The summed E-state index contributed by atoms with van der Waals surface area (Å²) in [5, 5.41) is 8.29. The molecule has 0 saturated heterocycles. The predicted octanol–water partition coefficient (Wildman–Crippen LogP) is 4.28. The third kappa shape index (κ3) is 4.94. The van der Waals surface area contributed by atoms with Crippen molar-refractivity contribution in [3.63, 3.8) is 0 Å². The SMILES string of the molecule is CC(NC(=O)CC1(CC(=O)Nc2nccs2)CCCCC1)c1ccco1. The number of anilines is 1. The summed E-state index contributed by atoms with van der Waals surface area (Å²) in [5.41, 5.74) is -0.271.